The molecule has 0 aromatic heterocycles. The number of nitrogens with zero attached hydrogens (tertiary/aromatic N) is 2. The fraction of sp³-hybridized carbons (Fsp3) is 0.765. The molecule has 0 spiro atoms. The first kappa shape index (κ1) is 20.8. The van der Waals surface area contributed by atoms with E-state index >= 15 is 0 Å². The molecule has 0 bridgehead atoms. The van der Waals surface area contributed by atoms with Crippen LogP contribution in [0.4, 0.5) is 9.59 Å². The van der Waals surface area contributed by atoms with E-state index in [9.17, 15) is 19.2 Å². The maximum Gasteiger partial charge on any atom is 0.409 e. The van der Waals surface area contributed by atoms with E-state index in [-0.39, 0.29) is 12.6 Å². The number of fused-ring (bicyclic) bond motifs is 1. The first-order chi connectivity index (χ1) is 12.5. The largest absolute Gasteiger partial charge is 0.453 e. The van der Waals surface area contributed by atoms with Gasteiger partial charge >= 0.3 is 12.2 Å². The average molecular weight is 384 g/mol. The van der Waals surface area contributed by atoms with Crippen molar-refractivity contribution in [1.82, 2.24) is 15.1 Å². The van der Waals surface area contributed by atoms with Gasteiger partial charge in [-0.05, 0) is 40.0 Å². The van der Waals surface area contributed by atoms with E-state index in [1.54, 1.807) is 20.8 Å². The van der Waals surface area contributed by atoms with Crippen molar-refractivity contribution in [2.45, 2.75) is 63.8 Å². The fourth-order valence-corrected chi connectivity index (χ4v) is 3.51. The van der Waals surface area contributed by atoms with Crippen molar-refractivity contribution in [2.24, 2.45) is 5.73 Å². The minimum atomic E-state index is -1.07. The van der Waals surface area contributed by atoms with Gasteiger partial charge in [0.15, 0.2) is 0 Å². The third-order valence-electron chi connectivity index (χ3n) is 4.64. The lowest BCUT2D eigenvalue weighted by Gasteiger charge is -2.38. The maximum absolute atomic E-state index is 13.1. The topological polar surface area (TPSA) is 131 Å². The molecular formula is C17H28N4O6. The van der Waals surface area contributed by atoms with Gasteiger partial charge in [0, 0.05) is 12.6 Å². The number of carbonyl (C=O) groups excluding carboxylic acids is 4. The second kappa shape index (κ2) is 8.01. The lowest BCUT2D eigenvalue weighted by molar-refractivity contribution is -0.142. The molecule has 2 fully saturated rings. The predicted molar refractivity (Wildman–Crippen MR) is 94.6 cm³/mol. The smallest absolute Gasteiger partial charge is 0.409 e. The molecule has 4 amide bonds. The number of nitrogens with two attached hydrogens (primary N) is 1. The zero-order valence-electron chi connectivity index (χ0n) is 16.2. The van der Waals surface area contributed by atoms with Crippen LogP contribution < -0.4 is 11.1 Å². The zero-order chi connectivity index (χ0) is 20.4. The van der Waals surface area contributed by atoms with Gasteiger partial charge in [-0.1, -0.05) is 0 Å². The number of amides is 4. The van der Waals surface area contributed by atoms with Gasteiger partial charge in [-0.2, -0.15) is 0 Å². The summed E-state index contributed by atoms with van der Waals surface area (Å²) in [6.07, 6.45) is 0.203. The number of ether oxygens (including phenoxy) is 2. The molecule has 2 heterocycles. The molecule has 0 aromatic rings. The maximum atomic E-state index is 13.1. The summed E-state index contributed by atoms with van der Waals surface area (Å²) in [5.74, 6) is -1.03. The monoisotopic (exact) mass is 384 g/mol. The first-order valence-electron chi connectivity index (χ1n) is 8.97. The molecule has 27 heavy (non-hydrogen) atoms. The SMILES string of the molecule is COC(=O)N1CC[C@H]2CC[C@@H](C(N)=O)N2C(=O)[C@@H](NC(=O)OC(C)(C)C)C1. The second-order valence-electron chi connectivity index (χ2n) is 7.80. The highest BCUT2D eigenvalue weighted by molar-refractivity contribution is 5.92. The van der Waals surface area contributed by atoms with Crippen molar-refractivity contribution in [1.29, 1.82) is 0 Å². The molecule has 2 aliphatic rings. The Balaban J connectivity index is 2.26. The van der Waals surface area contributed by atoms with Crippen LogP contribution in [0.5, 0.6) is 0 Å². The lowest BCUT2D eigenvalue weighted by atomic mass is 10.1. The standard InChI is InChI=1S/C17H28N4O6/c1-17(2,3)27-15(24)19-11-9-20(16(25)26-4)8-7-10-5-6-12(13(18)22)21(10)14(11)23/h10-12H,5-9H2,1-4H3,(H2,18,22)(H,19,24)/t10-,11+,12+/m1/s1. The molecule has 10 heteroatoms. The van der Waals surface area contributed by atoms with Crippen LogP contribution in [-0.2, 0) is 19.1 Å². The Morgan fingerprint density at radius 1 is 1.19 bits per heavy atom. The number of carbonyl (C=O) groups is 4. The van der Waals surface area contributed by atoms with E-state index in [2.05, 4.69) is 5.32 Å². The molecule has 0 aliphatic carbocycles. The van der Waals surface area contributed by atoms with Crippen LogP contribution >= 0.6 is 0 Å². The number of hydrogen-bond donors (Lipinski definition) is 2. The van der Waals surface area contributed by atoms with Gasteiger partial charge < -0.3 is 30.3 Å². The molecule has 3 N–H and O–H groups in total. The predicted octanol–water partition coefficient (Wildman–Crippen LogP) is 0.197. The summed E-state index contributed by atoms with van der Waals surface area (Å²) in [5, 5.41) is 2.52. The highest BCUT2D eigenvalue weighted by Gasteiger charge is 2.45. The van der Waals surface area contributed by atoms with Crippen molar-refractivity contribution in [3.8, 4) is 0 Å². The van der Waals surface area contributed by atoms with Crippen LogP contribution in [0.1, 0.15) is 40.0 Å². The van der Waals surface area contributed by atoms with Gasteiger partial charge in [0.25, 0.3) is 0 Å². The highest BCUT2D eigenvalue weighted by atomic mass is 16.6. The molecule has 2 aliphatic heterocycles. The minimum absolute atomic E-state index is 0.0839. The van der Waals surface area contributed by atoms with Crippen LogP contribution in [0.3, 0.4) is 0 Å². The number of primary amides is 1. The van der Waals surface area contributed by atoms with E-state index in [1.807, 2.05) is 0 Å². The second-order valence-corrected chi connectivity index (χ2v) is 7.80. The van der Waals surface area contributed by atoms with E-state index in [4.69, 9.17) is 15.2 Å². The Kier molecular flexibility index (Phi) is 6.17. The summed E-state index contributed by atoms with van der Waals surface area (Å²) >= 11 is 0. The van der Waals surface area contributed by atoms with Crippen molar-refractivity contribution < 1.29 is 28.7 Å². The van der Waals surface area contributed by atoms with E-state index in [0.29, 0.717) is 25.8 Å². The highest BCUT2D eigenvalue weighted by Crippen LogP contribution is 2.29. The molecular weight excluding hydrogens is 356 g/mol. The van der Waals surface area contributed by atoms with E-state index < -0.39 is 41.7 Å². The number of methoxy groups -OCH3 is 1. The number of alkyl carbamates (subject to hydrolysis) is 1. The van der Waals surface area contributed by atoms with Crippen LogP contribution in [-0.4, -0.2) is 77.7 Å². The van der Waals surface area contributed by atoms with E-state index in [1.165, 1.54) is 16.9 Å². The number of nitrogens with one attached hydrogen (secondary N) is 1. The minimum Gasteiger partial charge on any atom is -0.453 e. The van der Waals surface area contributed by atoms with Crippen molar-refractivity contribution in [3.05, 3.63) is 0 Å². The van der Waals surface area contributed by atoms with Gasteiger partial charge in [-0.25, -0.2) is 9.59 Å². The van der Waals surface area contributed by atoms with Gasteiger partial charge in [-0.3, -0.25) is 9.59 Å². The molecule has 2 saturated heterocycles. The van der Waals surface area contributed by atoms with Crippen molar-refractivity contribution >= 4 is 24.0 Å². The summed E-state index contributed by atoms with van der Waals surface area (Å²) < 4.78 is 9.99. The molecule has 3 atom stereocenters. The molecule has 0 unspecified atom stereocenters. The third kappa shape index (κ3) is 5.01. The van der Waals surface area contributed by atoms with Gasteiger partial charge in [0.1, 0.15) is 17.7 Å². The normalized spacial score (nSPS) is 25.9. The molecule has 2 rings (SSSR count). The molecule has 0 saturated carbocycles. The lowest BCUT2D eigenvalue weighted by Crippen LogP contribution is -2.61. The van der Waals surface area contributed by atoms with Crippen LogP contribution in [0.25, 0.3) is 0 Å². The quantitative estimate of drug-likeness (QED) is 0.699. The molecule has 0 radical (unpaired) electrons. The average Bonchev–Trinajstić information content (AvgIpc) is 2.96. The Hall–Kier alpha value is -2.52. The number of hydrogen-bond acceptors (Lipinski definition) is 6. The Morgan fingerprint density at radius 2 is 1.85 bits per heavy atom. The van der Waals surface area contributed by atoms with Crippen molar-refractivity contribution in [2.75, 3.05) is 20.2 Å². The van der Waals surface area contributed by atoms with Crippen LogP contribution in [0, 0.1) is 0 Å². The van der Waals surface area contributed by atoms with Gasteiger partial charge in [0.2, 0.25) is 11.8 Å². The fourth-order valence-electron chi connectivity index (χ4n) is 3.51. The summed E-state index contributed by atoms with van der Waals surface area (Å²) in [4.78, 5) is 51.9. The van der Waals surface area contributed by atoms with Gasteiger partial charge in [0.05, 0.1) is 13.7 Å². The Morgan fingerprint density at radius 3 is 2.41 bits per heavy atom. The summed E-state index contributed by atoms with van der Waals surface area (Å²) in [6.45, 7) is 5.35. The van der Waals surface area contributed by atoms with Crippen molar-refractivity contribution in [3.63, 3.8) is 0 Å². The third-order valence-corrected chi connectivity index (χ3v) is 4.64. The summed E-state index contributed by atoms with van der Waals surface area (Å²) in [6, 6.07) is -2.01. The molecule has 152 valence electrons. The van der Waals surface area contributed by atoms with Crippen LogP contribution in [0.2, 0.25) is 0 Å². The molecule has 10 nitrogen and oxygen atoms in total. The zero-order valence-corrected chi connectivity index (χ0v) is 16.2. The summed E-state index contributed by atoms with van der Waals surface area (Å²) in [5.41, 5.74) is 4.71. The number of rotatable bonds is 2. The summed E-state index contributed by atoms with van der Waals surface area (Å²) in [7, 11) is 1.25. The van der Waals surface area contributed by atoms with E-state index in [0.717, 1.165) is 0 Å². The Labute approximate surface area is 158 Å². The van der Waals surface area contributed by atoms with Gasteiger partial charge in [-0.15, -0.1) is 0 Å². The Bertz CT molecular complexity index is 617. The molecule has 0 aromatic carbocycles. The van der Waals surface area contributed by atoms with Crippen LogP contribution in [0.15, 0.2) is 0 Å². The first-order valence-corrected chi connectivity index (χ1v) is 8.97.